The Morgan fingerprint density at radius 2 is 0.857 bits per heavy atom. The number of aromatic nitrogens is 2. The van der Waals surface area contributed by atoms with Gasteiger partial charge >= 0.3 is 0 Å². The van der Waals surface area contributed by atoms with Crippen LogP contribution in [0.25, 0.3) is 22.5 Å². The molecule has 0 radical (unpaired) electrons. The number of hydrogen-bond donors (Lipinski definition) is 0. The van der Waals surface area contributed by atoms with Gasteiger partial charge in [0.1, 0.15) is 0 Å². The lowest BCUT2D eigenvalue weighted by Gasteiger charge is -2.45. The van der Waals surface area contributed by atoms with Crippen molar-refractivity contribution in [1.29, 1.82) is 0 Å². The lowest BCUT2D eigenvalue weighted by molar-refractivity contribution is 1.24. The van der Waals surface area contributed by atoms with Crippen LogP contribution in [0.2, 0.25) is 19.6 Å². The van der Waals surface area contributed by atoms with Crippen molar-refractivity contribution in [3.05, 3.63) is 158 Å². The zero-order chi connectivity index (χ0) is 33.1. The maximum atomic E-state index is 4.82. The molecule has 0 N–H and O–H groups in total. The molecule has 0 atom stereocenters. The summed E-state index contributed by atoms with van der Waals surface area (Å²) in [5.41, 5.74) is 15.2. The Morgan fingerprint density at radius 3 is 1.29 bits per heavy atom. The highest BCUT2D eigenvalue weighted by molar-refractivity contribution is 7.00. The smallest absolute Gasteiger partial charge is 0.252 e. The Balaban J connectivity index is 1.40. The number of benzene rings is 5. The lowest BCUT2D eigenvalue weighted by atomic mass is 9.33. The third kappa shape index (κ3) is 4.74. The molecule has 2 aromatic heterocycles. The number of anilines is 6. The van der Waals surface area contributed by atoms with Crippen molar-refractivity contribution in [2.24, 2.45) is 0 Å². The van der Waals surface area contributed by atoms with Gasteiger partial charge in [-0.25, -0.2) is 0 Å². The molecule has 7 aromatic rings. The molecule has 6 heteroatoms. The van der Waals surface area contributed by atoms with Gasteiger partial charge in [0.2, 0.25) is 0 Å². The van der Waals surface area contributed by atoms with Gasteiger partial charge in [-0.3, -0.25) is 9.97 Å². The predicted octanol–water partition coefficient (Wildman–Crippen LogP) is 8.44. The van der Waals surface area contributed by atoms with Gasteiger partial charge in [-0.2, -0.15) is 0 Å². The summed E-state index contributed by atoms with van der Waals surface area (Å²) in [7, 11) is -1.82. The maximum absolute atomic E-state index is 4.82. The molecular formula is C43H35BN4Si. The number of nitrogens with zero attached hydrogens (tertiary/aromatic N) is 4. The normalized spacial score (nSPS) is 13.1. The van der Waals surface area contributed by atoms with E-state index in [1.165, 1.54) is 44.3 Å². The second kappa shape index (κ2) is 11.5. The van der Waals surface area contributed by atoms with E-state index in [2.05, 4.69) is 163 Å². The Labute approximate surface area is 289 Å². The fourth-order valence-corrected chi connectivity index (χ4v) is 8.80. The second-order valence-electron chi connectivity index (χ2n) is 13.9. The van der Waals surface area contributed by atoms with Crippen LogP contribution in [0, 0.1) is 0 Å². The first kappa shape index (κ1) is 29.4. The van der Waals surface area contributed by atoms with Crippen LogP contribution in [0.3, 0.4) is 0 Å². The summed E-state index contributed by atoms with van der Waals surface area (Å²) in [6, 6.07) is 52.7. The fraction of sp³-hybridized carbons (Fsp3) is 0.0698. The van der Waals surface area contributed by atoms with E-state index >= 15 is 0 Å². The highest BCUT2D eigenvalue weighted by atomic mass is 28.3. The van der Waals surface area contributed by atoms with Crippen LogP contribution >= 0.6 is 0 Å². The Kier molecular flexibility index (Phi) is 6.88. The van der Waals surface area contributed by atoms with Gasteiger partial charge in [-0.05, 0) is 77.1 Å². The van der Waals surface area contributed by atoms with Crippen molar-refractivity contribution in [1.82, 2.24) is 9.97 Å². The summed E-state index contributed by atoms with van der Waals surface area (Å²) in [5.74, 6) is 0. The molecule has 0 amide bonds. The predicted molar refractivity (Wildman–Crippen MR) is 210 cm³/mol. The van der Waals surface area contributed by atoms with Gasteiger partial charge in [0.25, 0.3) is 6.71 Å². The molecule has 5 aromatic carbocycles. The fourth-order valence-electron chi connectivity index (χ4n) is 7.66. The van der Waals surface area contributed by atoms with Crippen molar-refractivity contribution in [2.75, 3.05) is 9.80 Å². The molecule has 49 heavy (non-hydrogen) atoms. The van der Waals surface area contributed by atoms with E-state index in [0.29, 0.717) is 0 Å². The highest BCUT2D eigenvalue weighted by Gasteiger charge is 2.44. The van der Waals surface area contributed by atoms with Crippen LogP contribution in [-0.2, 0) is 0 Å². The summed E-state index contributed by atoms with van der Waals surface area (Å²) < 4.78 is 0. The first-order chi connectivity index (χ1) is 24.0. The number of para-hydroxylation sites is 4. The van der Waals surface area contributed by atoms with Crippen molar-refractivity contribution in [2.45, 2.75) is 19.6 Å². The third-order valence-electron chi connectivity index (χ3n) is 9.92. The lowest BCUT2D eigenvalue weighted by Crippen LogP contribution is -2.62. The molecular weight excluding hydrogens is 611 g/mol. The molecule has 0 spiro atoms. The minimum Gasteiger partial charge on any atom is -0.311 e. The SMILES string of the molecule is C[Si](C)(C)c1cc2c3c(c1)N(c1ccccc1-c1ccccn1)c1ccccc1B3c1ccccc1N2c1ccccc1-c1ccccn1. The first-order valence-electron chi connectivity index (χ1n) is 17.0. The monoisotopic (exact) mass is 646 g/mol. The van der Waals surface area contributed by atoms with Gasteiger partial charge in [0, 0.05) is 46.3 Å². The van der Waals surface area contributed by atoms with Crippen molar-refractivity contribution < 1.29 is 0 Å². The van der Waals surface area contributed by atoms with E-state index in [-0.39, 0.29) is 6.71 Å². The van der Waals surface area contributed by atoms with Gasteiger partial charge in [-0.1, -0.05) is 110 Å². The largest absolute Gasteiger partial charge is 0.311 e. The number of hydrogen-bond acceptors (Lipinski definition) is 4. The van der Waals surface area contributed by atoms with Crippen LogP contribution in [0.5, 0.6) is 0 Å². The van der Waals surface area contributed by atoms with Crippen LogP contribution in [-0.4, -0.2) is 24.8 Å². The number of pyridine rings is 2. The molecule has 2 aliphatic heterocycles. The van der Waals surface area contributed by atoms with Gasteiger partial charge < -0.3 is 9.80 Å². The Hall–Kier alpha value is -5.72. The zero-order valence-corrected chi connectivity index (χ0v) is 28.9. The average molecular weight is 647 g/mol. The van der Waals surface area contributed by atoms with E-state index < -0.39 is 8.07 Å². The van der Waals surface area contributed by atoms with Crippen molar-refractivity contribution >= 4 is 70.5 Å². The average Bonchev–Trinajstić information content (AvgIpc) is 3.15. The van der Waals surface area contributed by atoms with Crippen LogP contribution in [0.15, 0.2) is 158 Å². The summed E-state index contributed by atoms with van der Waals surface area (Å²) in [6.07, 6.45) is 3.77. The first-order valence-corrected chi connectivity index (χ1v) is 20.5. The van der Waals surface area contributed by atoms with E-state index in [1.54, 1.807) is 0 Å². The van der Waals surface area contributed by atoms with E-state index in [9.17, 15) is 0 Å². The minimum absolute atomic E-state index is 0.0737. The Morgan fingerprint density at radius 1 is 0.449 bits per heavy atom. The second-order valence-corrected chi connectivity index (χ2v) is 18.9. The summed E-state index contributed by atoms with van der Waals surface area (Å²) in [4.78, 5) is 14.7. The quantitative estimate of drug-likeness (QED) is 0.176. The van der Waals surface area contributed by atoms with E-state index in [4.69, 9.17) is 9.97 Å². The molecule has 0 saturated heterocycles. The zero-order valence-electron chi connectivity index (χ0n) is 27.9. The van der Waals surface area contributed by atoms with E-state index in [1.807, 2.05) is 24.5 Å². The van der Waals surface area contributed by atoms with E-state index in [0.717, 1.165) is 33.9 Å². The Bertz CT molecular complexity index is 2200. The molecule has 0 unspecified atom stereocenters. The standard InChI is InChI=1S/C43H35BN4Si/c1-49(2,3)30-28-41-43-42(29-30)48(38-23-9-5-17-32(38)36-21-13-15-27-46-36)40-25-11-7-19-34(40)44(43)33-18-6-10-24-39(33)47(41)37-22-8-4-16-31(37)35-20-12-14-26-45-35/h4-29H,1-3H3. The molecule has 0 fully saturated rings. The molecule has 9 rings (SSSR count). The number of fused-ring (bicyclic) bond motifs is 4. The van der Waals surface area contributed by atoms with Crippen LogP contribution in [0.1, 0.15) is 0 Å². The molecule has 0 bridgehead atoms. The molecule has 234 valence electrons. The van der Waals surface area contributed by atoms with Gasteiger partial charge in [0.15, 0.2) is 0 Å². The van der Waals surface area contributed by atoms with Crippen molar-refractivity contribution in [3.8, 4) is 22.5 Å². The van der Waals surface area contributed by atoms with Crippen LogP contribution < -0.4 is 31.4 Å². The summed E-state index contributed by atoms with van der Waals surface area (Å²) in [5, 5.41) is 1.42. The van der Waals surface area contributed by atoms with Crippen molar-refractivity contribution in [3.63, 3.8) is 0 Å². The molecule has 4 nitrogen and oxygen atoms in total. The van der Waals surface area contributed by atoms with Gasteiger partial charge in [0.05, 0.1) is 30.8 Å². The third-order valence-corrected chi connectivity index (χ3v) is 11.9. The minimum atomic E-state index is -1.82. The molecule has 2 aliphatic rings. The van der Waals surface area contributed by atoms with Crippen LogP contribution in [0.4, 0.5) is 34.1 Å². The summed E-state index contributed by atoms with van der Waals surface area (Å²) >= 11 is 0. The molecule has 4 heterocycles. The van der Waals surface area contributed by atoms with Gasteiger partial charge in [-0.15, -0.1) is 0 Å². The highest BCUT2D eigenvalue weighted by Crippen LogP contribution is 2.47. The maximum Gasteiger partial charge on any atom is 0.252 e. The molecule has 0 saturated carbocycles. The molecule has 0 aliphatic carbocycles. The number of rotatable bonds is 5. The topological polar surface area (TPSA) is 32.3 Å². The summed E-state index contributed by atoms with van der Waals surface area (Å²) in [6.45, 7) is 7.42.